The van der Waals surface area contributed by atoms with Gasteiger partial charge in [0.25, 0.3) is 0 Å². The summed E-state index contributed by atoms with van der Waals surface area (Å²) in [4.78, 5) is 20.2. The number of benzene rings is 1. The van der Waals surface area contributed by atoms with Crippen LogP contribution in [0.4, 0.5) is 17.6 Å². The topological polar surface area (TPSA) is 77.8 Å². The molecule has 1 unspecified atom stereocenters. The summed E-state index contributed by atoms with van der Waals surface area (Å²) in [5, 5.41) is 14.8. The summed E-state index contributed by atoms with van der Waals surface area (Å²) < 4.78 is 52.5. The summed E-state index contributed by atoms with van der Waals surface area (Å²) in [6.07, 6.45) is -1.44. The molecule has 2 rings (SSSR count). The monoisotopic (exact) mass is 337 g/mol. The molecule has 1 aliphatic heterocycles. The second kappa shape index (κ2) is 7.91. The van der Waals surface area contributed by atoms with Crippen LogP contribution < -0.4 is 0 Å². The molecular weight excluding hydrogens is 322 g/mol. The lowest BCUT2D eigenvalue weighted by molar-refractivity contribution is -0.159. The smallest absolute Gasteiger partial charge is 0.414 e. The fourth-order valence-electron chi connectivity index (χ4n) is 2.06. The lowest BCUT2D eigenvalue weighted by Gasteiger charge is -2.40. The molecule has 9 heteroatoms. The second-order valence-corrected chi connectivity index (χ2v) is 4.92. The van der Waals surface area contributed by atoms with Crippen LogP contribution in [0.2, 0.25) is 0 Å². The number of likely N-dealkylation sites (tertiary alicyclic amines) is 1. The molecule has 0 bridgehead atoms. The first kappa shape index (κ1) is 18.9. The van der Waals surface area contributed by atoms with E-state index >= 15 is 0 Å². The highest BCUT2D eigenvalue weighted by Gasteiger charge is 2.34. The van der Waals surface area contributed by atoms with Gasteiger partial charge >= 0.3 is 11.9 Å². The number of hydrogen-bond donors (Lipinski definition) is 2. The van der Waals surface area contributed by atoms with Gasteiger partial charge < -0.3 is 15.1 Å². The minimum absolute atomic E-state index is 0.123. The maximum absolute atomic E-state index is 13.9. The molecule has 0 amide bonds. The van der Waals surface area contributed by atoms with E-state index in [-0.39, 0.29) is 11.5 Å². The third-order valence-corrected chi connectivity index (χ3v) is 3.35. The molecule has 0 aromatic heterocycles. The van der Waals surface area contributed by atoms with E-state index in [4.69, 9.17) is 19.8 Å². The largest absolute Gasteiger partial charge is 0.473 e. The van der Waals surface area contributed by atoms with E-state index in [1.165, 1.54) is 0 Å². The van der Waals surface area contributed by atoms with Gasteiger partial charge in [-0.25, -0.2) is 27.2 Å². The van der Waals surface area contributed by atoms with Gasteiger partial charge in [0.2, 0.25) is 0 Å². The van der Waals surface area contributed by atoms with Crippen LogP contribution >= 0.6 is 0 Å². The Labute approximate surface area is 129 Å². The Morgan fingerprint density at radius 2 is 1.61 bits per heavy atom. The number of carboxylic acid groups (broad SMARTS) is 2. The Morgan fingerprint density at radius 1 is 1.17 bits per heavy atom. The molecule has 1 aromatic rings. The van der Waals surface area contributed by atoms with Crippen molar-refractivity contribution in [2.24, 2.45) is 5.92 Å². The predicted octanol–water partition coefficient (Wildman–Crippen LogP) is 2.22. The second-order valence-electron chi connectivity index (χ2n) is 4.92. The van der Waals surface area contributed by atoms with Gasteiger partial charge in [0.05, 0.1) is 0 Å². The Morgan fingerprint density at radius 3 is 1.96 bits per heavy atom. The van der Waals surface area contributed by atoms with E-state index in [0.717, 1.165) is 18.7 Å². The van der Waals surface area contributed by atoms with Crippen molar-refractivity contribution in [2.45, 2.75) is 13.1 Å². The zero-order valence-corrected chi connectivity index (χ0v) is 12.1. The van der Waals surface area contributed by atoms with Crippen LogP contribution in [0.15, 0.2) is 12.1 Å². The maximum Gasteiger partial charge on any atom is 0.414 e. The Balaban J connectivity index is 0.000000379. The van der Waals surface area contributed by atoms with Gasteiger partial charge in [0, 0.05) is 19.0 Å². The summed E-state index contributed by atoms with van der Waals surface area (Å²) in [6, 6.07) is 1.47. The van der Waals surface area contributed by atoms with Gasteiger partial charge in [-0.1, -0.05) is 6.92 Å². The summed E-state index contributed by atoms with van der Waals surface area (Å²) >= 11 is 0. The minimum Gasteiger partial charge on any atom is -0.473 e. The van der Waals surface area contributed by atoms with Gasteiger partial charge in [-0.3, -0.25) is 0 Å². The first-order valence-electron chi connectivity index (χ1n) is 6.64. The van der Waals surface area contributed by atoms with Crippen molar-refractivity contribution in [1.29, 1.82) is 0 Å². The molecule has 128 valence electrons. The van der Waals surface area contributed by atoms with Crippen molar-refractivity contribution in [3.63, 3.8) is 0 Å². The summed E-state index contributed by atoms with van der Waals surface area (Å²) in [5.74, 6) is -8.14. The first-order valence-corrected chi connectivity index (χ1v) is 6.64. The van der Waals surface area contributed by atoms with Crippen molar-refractivity contribution in [1.82, 2.24) is 4.90 Å². The van der Waals surface area contributed by atoms with Crippen molar-refractivity contribution >= 4 is 11.9 Å². The van der Waals surface area contributed by atoms with Crippen LogP contribution in [0.25, 0.3) is 0 Å². The number of alkyl halides is 1. The van der Waals surface area contributed by atoms with E-state index in [2.05, 4.69) is 0 Å². The van der Waals surface area contributed by atoms with Crippen LogP contribution in [0.1, 0.15) is 18.7 Å². The van der Waals surface area contributed by atoms with Crippen molar-refractivity contribution in [3.05, 3.63) is 35.1 Å². The van der Waals surface area contributed by atoms with Crippen molar-refractivity contribution in [2.75, 3.05) is 19.6 Å². The minimum atomic E-state index is -1.82. The molecule has 1 heterocycles. The number of aliphatic carboxylic acids is 2. The van der Waals surface area contributed by atoms with Gasteiger partial charge in [0.1, 0.15) is 6.17 Å². The van der Waals surface area contributed by atoms with Crippen LogP contribution in [0.3, 0.4) is 0 Å². The molecule has 1 aliphatic rings. The summed E-state index contributed by atoms with van der Waals surface area (Å²) in [7, 11) is 0. The maximum atomic E-state index is 13.9. The molecule has 2 N–H and O–H groups in total. The van der Waals surface area contributed by atoms with Gasteiger partial charge in [-0.05, 0) is 24.2 Å². The van der Waals surface area contributed by atoms with Crippen LogP contribution in [0, 0.1) is 23.4 Å². The van der Waals surface area contributed by atoms with Crippen LogP contribution in [-0.2, 0) is 9.59 Å². The number of carbonyl (C=O) groups is 2. The summed E-state index contributed by atoms with van der Waals surface area (Å²) in [6.45, 7) is 3.92. The van der Waals surface area contributed by atoms with E-state index in [9.17, 15) is 17.6 Å². The van der Waals surface area contributed by atoms with Gasteiger partial charge in [-0.15, -0.1) is 0 Å². The molecule has 5 nitrogen and oxygen atoms in total. The predicted molar refractivity (Wildman–Crippen MR) is 71.0 cm³/mol. The molecule has 0 spiro atoms. The fourth-order valence-corrected chi connectivity index (χ4v) is 2.06. The molecule has 1 aromatic carbocycles. The summed E-state index contributed by atoms with van der Waals surface area (Å²) in [5.41, 5.74) is -0.123. The average Bonchev–Trinajstić information content (AvgIpc) is 2.43. The van der Waals surface area contributed by atoms with E-state index in [1.54, 1.807) is 0 Å². The lowest BCUT2D eigenvalue weighted by atomic mass is 9.90. The number of carboxylic acids is 2. The van der Waals surface area contributed by atoms with Crippen LogP contribution in [-0.4, -0.2) is 46.7 Å². The number of hydrogen-bond acceptors (Lipinski definition) is 3. The van der Waals surface area contributed by atoms with E-state index in [0.29, 0.717) is 13.1 Å². The molecule has 0 saturated carbocycles. The third-order valence-electron chi connectivity index (χ3n) is 3.35. The molecule has 1 saturated heterocycles. The molecule has 1 fully saturated rings. The highest BCUT2D eigenvalue weighted by molar-refractivity contribution is 6.27. The third kappa shape index (κ3) is 4.92. The fraction of sp³-hybridized carbons (Fsp3) is 0.429. The van der Waals surface area contributed by atoms with Gasteiger partial charge in [-0.2, -0.15) is 0 Å². The molecule has 1 atom stereocenters. The highest BCUT2D eigenvalue weighted by Crippen LogP contribution is 2.34. The molecule has 0 aliphatic carbocycles. The molecular formula is C14H15F4NO4. The number of rotatable bonds is 3. The zero-order chi connectivity index (χ0) is 17.7. The quantitative estimate of drug-likeness (QED) is 0.502. The molecule has 0 radical (unpaired) electrons. The Bertz CT molecular complexity index is 555. The first-order chi connectivity index (χ1) is 10.7. The van der Waals surface area contributed by atoms with Crippen LogP contribution in [0.5, 0.6) is 0 Å². The van der Waals surface area contributed by atoms with E-state index in [1.807, 2.05) is 11.8 Å². The Hall–Kier alpha value is -2.16. The number of nitrogens with zero attached hydrogens (tertiary/aromatic N) is 1. The van der Waals surface area contributed by atoms with Gasteiger partial charge in [0.15, 0.2) is 17.5 Å². The highest BCUT2D eigenvalue weighted by atomic mass is 19.2. The lowest BCUT2D eigenvalue weighted by Crippen LogP contribution is -2.48. The standard InChI is InChI=1S/C12H13F4N.C2H2O4/c1-2-17-5-8(6-17)11(15)7-3-9(13)12(16)10(14)4-7;3-1(4)2(5)6/h3-4,8,11H,2,5-6H2,1H3;(H,3,4)(H,5,6). The molecule has 23 heavy (non-hydrogen) atoms. The van der Waals surface area contributed by atoms with E-state index < -0.39 is 35.6 Å². The normalized spacial score (nSPS) is 16.0. The van der Waals surface area contributed by atoms with Crippen molar-refractivity contribution < 1.29 is 37.4 Å². The van der Waals surface area contributed by atoms with Crippen molar-refractivity contribution in [3.8, 4) is 0 Å². The SMILES string of the molecule is CCN1CC(C(F)c2cc(F)c(F)c(F)c2)C1.O=C(O)C(=O)O. The number of halogens is 4. The average molecular weight is 337 g/mol. The Kier molecular flexibility index (Phi) is 6.49. The zero-order valence-electron chi connectivity index (χ0n) is 12.1.